The number of nitrogens with zero attached hydrogens (tertiary/aromatic N) is 3. The summed E-state index contributed by atoms with van der Waals surface area (Å²) >= 11 is 0. The normalized spacial score (nSPS) is 12.9. The molecule has 0 aliphatic rings. The molecule has 0 spiro atoms. The van der Waals surface area contributed by atoms with E-state index in [0.717, 1.165) is 0 Å². The molecule has 2 heterocycles. The molecule has 2 aromatic heterocycles. The molecule has 0 aromatic carbocycles. The van der Waals surface area contributed by atoms with Crippen LogP contribution in [0.1, 0.15) is 32.8 Å². The van der Waals surface area contributed by atoms with Crippen LogP contribution in [0.3, 0.4) is 0 Å². The molecule has 0 fully saturated rings. The van der Waals surface area contributed by atoms with Crippen molar-refractivity contribution in [3.05, 3.63) is 24.2 Å². The highest BCUT2D eigenvalue weighted by atomic mass is 19.3. The fourth-order valence-corrected chi connectivity index (χ4v) is 1.60. The predicted octanol–water partition coefficient (Wildman–Crippen LogP) is 3.47. The third kappa shape index (κ3) is 4.45. The smallest absolute Gasteiger partial charge is 0.387 e. The zero-order valence-electron chi connectivity index (χ0n) is 12.5. The molecule has 0 saturated heterocycles. The number of hydrogen-bond acceptors (Lipinski definition) is 6. The molecule has 0 aliphatic heterocycles. The molecule has 120 valence electrons. The van der Waals surface area contributed by atoms with E-state index in [1.807, 2.05) is 20.8 Å². The second kappa shape index (κ2) is 7.26. The van der Waals surface area contributed by atoms with E-state index in [0.29, 0.717) is 24.1 Å². The lowest BCUT2D eigenvalue weighted by atomic mass is 10.2. The molecule has 0 saturated carbocycles. The van der Waals surface area contributed by atoms with Crippen molar-refractivity contribution in [1.29, 1.82) is 0 Å². The third-order valence-corrected chi connectivity index (χ3v) is 2.66. The number of hydrogen-bond donors (Lipinski definition) is 0. The van der Waals surface area contributed by atoms with Gasteiger partial charge in [0.2, 0.25) is 5.82 Å². The molecular weight excluding hydrogens is 296 g/mol. The van der Waals surface area contributed by atoms with Gasteiger partial charge in [-0.2, -0.15) is 13.8 Å². The number of alkyl halides is 2. The zero-order valence-corrected chi connectivity index (χ0v) is 12.5. The van der Waals surface area contributed by atoms with E-state index in [1.165, 1.54) is 18.3 Å². The van der Waals surface area contributed by atoms with Gasteiger partial charge in [-0.3, -0.25) is 0 Å². The molecule has 0 radical (unpaired) electrons. The third-order valence-electron chi connectivity index (χ3n) is 2.66. The average molecular weight is 313 g/mol. The second-order valence-corrected chi connectivity index (χ2v) is 5.08. The molecular formula is C14H17F2N3O3. The Bertz CT molecular complexity index is 587. The Morgan fingerprint density at radius 3 is 2.59 bits per heavy atom. The largest absolute Gasteiger partial charge is 0.433 e. The summed E-state index contributed by atoms with van der Waals surface area (Å²) in [6.07, 6.45) is 0.848. The lowest BCUT2D eigenvalue weighted by Crippen LogP contribution is -2.06. The first-order chi connectivity index (χ1) is 10.5. The molecule has 0 N–H and O–H groups in total. The maximum atomic E-state index is 12.1. The van der Waals surface area contributed by atoms with Crippen molar-refractivity contribution in [2.45, 2.75) is 33.5 Å². The summed E-state index contributed by atoms with van der Waals surface area (Å²) in [4.78, 5) is 8.16. The summed E-state index contributed by atoms with van der Waals surface area (Å²) in [5.74, 6) is 0.967. The average Bonchev–Trinajstić information content (AvgIpc) is 2.94. The monoisotopic (exact) mass is 313 g/mol. The SMILES string of the molecule is CC(C)COC(C)c1nc(-c2ccc(OC(F)F)cn2)no1. The molecule has 2 aromatic rings. The van der Waals surface area contributed by atoms with E-state index in [4.69, 9.17) is 9.26 Å². The first-order valence-corrected chi connectivity index (χ1v) is 6.82. The number of halogens is 2. The Hall–Kier alpha value is -2.09. The van der Waals surface area contributed by atoms with Crippen LogP contribution in [0, 0.1) is 5.92 Å². The van der Waals surface area contributed by atoms with Crippen molar-refractivity contribution >= 4 is 0 Å². The minimum Gasteiger partial charge on any atom is -0.433 e. The number of aromatic nitrogens is 3. The van der Waals surface area contributed by atoms with Gasteiger partial charge in [0, 0.05) is 6.61 Å². The fourth-order valence-electron chi connectivity index (χ4n) is 1.60. The summed E-state index contributed by atoms with van der Waals surface area (Å²) in [7, 11) is 0. The molecule has 2 rings (SSSR count). The lowest BCUT2D eigenvalue weighted by Gasteiger charge is -2.10. The maximum absolute atomic E-state index is 12.1. The van der Waals surface area contributed by atoms with Crippen LogP contribution in [0.5, 0.6) is 5.75 Å². The van der Waals surface area contributed by atoms with Crippen molar-refractivity contribution in [3.63, 3.8) is 0 Å². The molecule has 0 amide bonds. The van der Waals surface area contributed by atoms with E-state index in [2.05, 4.69) is 19.9 Å². The van der Waals surface area contributed by atoms with Gasteiger partial charge in [-0.1, -0.05) is 19.0 Å². The van der Waals surface area contributed by atoms with Crippen LogP contribution in [-0.2, 0) is 4.74 Å². The summed E-state index contributed by atoms with van der Waals surface area (Å²) in [6, 6.07) is 2.84. The second-order valence-electron chi connectivity index (χ2n) is 5.08. The summed E-state index contributed by atoms with van der Waals surface area (Å²) in [5.41, 5.74) is 0.396. The van der Waals surface area contributed by atoms with Gasteiger partial charge in [-0.15, -0.1) is 0 Å². The Morgan fingerprint density at radius 2 is 2.00 bits per heavy atom. The lowest BCUT2D eigenvalue weighted by molar-refractivity contribution is -0.0500. The van der Waals surface area contributed by atoms with Gasteiger partial charge in [0.05, 0.1) is 6.20 Å². The van der Waals surface area contributed by atoms with E-state index in [9.17, 15) is 8.78 Å². The highest BCUT2D eigenvalue weighted by Crippen LogP contribution is 2.21. The Morgan fingerprint density at radius 1 is 1.23 bits per heavy atom. The van der Waals surface area contributed by atoms with Crippen LogP contribution in [0.25, 0.3) is 11.5 Å². The fraction of sp³-hybridized carbons (Fsp3) is 0.500. The van der Waals surface area contributed by atoms with Crippen molar-refractivity contribution in [1.82, 2.24) is 15.1 Å². The van der Waals surface area contributed by atoms with E-state index in [1.54, 1.807) is 0 Å². The summed E-state index contributed by atoms with van der Waals surface area (Å²) in [6.45, 7) is 3.59. The summed E-state index contributed by atoms with van der Waals surface area (Å²) < 4.78 is 39.1. The van der Waals surface area contributed by atoms with Crippen LogP contribution in [0.4, 0.5) is 8.78 Å². The number of rotatable bonds is 7. The molecule has 1 unspecified atom stereocenters. The zero-order chi connectivity index (χ0) is 16.1. The standard InChI is InChI=1S/C14H17F2N3O3/c1-8(2)7-20-9(3)13-18-12(19-22-13)11-5-4-10(6-17-11)21-14(15)16/h4-6,8-9,14H,7H2,1-3H3. The predicted molar refractivity (Wildman–Crippen MR) is 73.4 cm³/mol. The van der Waals surface area contributed by atoms with Crippen LogP contribution in [-0.4, -0.2) is 28.3 Å². The van der Waals surface area contributed by atoms with Gasteiger partial charge in [0.15, 0.2) is 0 Å². The molecule has 22 heavy (non-hydrogen) atoms. The van der Waals surface area contributed by atoms with Crippen LogP contribution >= 0.6 is 0 Å². The topological polar surface area (TPSA) is 70.3 Å². The highest BCUT2D eigenvalue weighted by molar-refractivity contribution is 5.48. The molecule has 0 aliphatic carbocycles. The van der Waals surface area contributed by atoms with Gasteiger partial charge in [0.25, 0.3) is 5.89 Å². The first kappa shape index (κ1) is 16.3. The molecule has 8 heteroatoms. The van der Waals surface area contributed by atoms with Crippen molar-refractivity contribution < 1.29 is 22.8 Å². The van der Waals surface area contributed by atoms with Crippen LogP contribution in [0.2, 0.25) is 0 Å². The summed E-state index contributed by atoms with van der Waals surface area (Å²) in [5, 5.41) is 3.81. The van der Waals surface area contributed by atoms with Gasteiger partial charge in [-0.25, -0.2) is 4.98 Å². The quantitative estimate of drug-likeness (QED) is 0.779. The Balaban J connectivity index is 2.04. The van der Waals surface area contributed by atoms with E-state index >= 15 is 0 Å². The molecule has 0 bridgehead atoms. The molecule has 1 atom stereocenters. The minimum absolute atomic E-state index is 0.0314. The van der Waals surface area contributed by atoms with Gasteiger partial charge < -0.3 is 14.0 Å². The number of ether oxygens (including phenoxy) is 2. The van der Waals surface area contributed by atoms with Crippen LogP contribution in [0.15, 0.2) is 22.9 Å². The number of pyridine rings is 1. The van der Waals surface area contributed by atoms with Gasteiger partial charge >= 0.3 is 6.61 Å². The molecule has 6 nitrogen and oxygen atoms in total. The maximum Gasteiger partial charge on any atom is 0.387 e. The van der Waals surface area contributed by atoms with E-state index < -0.39 is 6.61 Å². The highest BCUT2D eigenvalue weighted by Gasteiger charge is 2.17. The first-order valence-electron chi connectivity index (χ1n) is 6.82. The van der Waals surface area contributed by atoms with Gasteiger partial charge in [-0.05, 0) is 25.0 Å². The van der Waals surface area contributed by atoms with Crippen molar-refractivity contribution in [2.75, 3.05) is 6.61 Å². The Kier molecular flexibility index (Phi) is 5.37. The van der Waals surface area contributed by atoms with Crippen LogP contribution < -0.4 is 4.74 Å². The van der Waals surface area contributed by atoms with Crippen molar-refractivity contribution in [2.24, 2.45) is 5.92 Å². The minimum atomic E-state index is -2.89. The van der Waals surface area contributed by atoms with Gasteiger partial charge in [0.1, 0.15) is 17.5 Å². The van der Waals surface area contributed by atoms with E-state index in [-0.39, 0.29) is 17.7 Å². The Labute approximate surface area is 126 Å². The van der Waals surface area contributed by atoms with Crippen molar-refractivity contribution in [3.8, 4) is 17.3 Å².